The van der Waals surface area contributed by atoms with E-state index in [9.17, 15) is 0 Å². The molecule has 0 amide bonds. The van der Waals surface area contributed by atoms with Crippen LogP contribution in [0.25, 0.3) is 11.4 Å². The minimum atomic E-state index is 0.731. The maximum absolute atomic E-state index is 5.53. The zero-order valence-electron chi connectivity index (χ0n) is 11.7. The Morgan fingerprint density at radius 3 is 2.63 bits per heavy atom. The predicted molar refractivity (Wildman–Crippen MR) is 75.7 cm³/mol. The van der Waals surface area contributed by atoms with Crippen LogP contribution in [-0.4, -0.2) is 24.2 Å². The fraction of sp³-hybridized carbons (Fsp3) is 0.400. The first kappa shape index (κ1) is 13.5. The summed E-state index contributed by atoms with van der Waals surface area (Å²) in [6.45, 7) is 2.19. The molecular weight excluding hydrogens is 240 g/mol. The molecule has 0 aliphatic heterocycles. The number of hydrogen-bond acceptors (Lipinski definition) is 3. The fourth-order valence-electron chi connectivity index (χ4n) is 2.20. The molecule has 0 bridgehead atoms. The standard InChI is InChI=1S/C15H20N2O2/c1-4-5-6-11-7-8-12(18-2)14(19-3)13(11)15-16-9-10-17-15/h7-10H,4-6H2,1-3H3,(H,16,17). The first-order valence-corrected chi connectivity index (χ1v) is 6.55. The molecule has 1 aromatic heterocycles. The highest BCUT2D eigenvalue weighted by Crippen LogP contribution is 2.39. The summed E-state index contributed by atoms with van der Waals surface area (Å²) in [6, 6.07) is 4.05. The van der Waals surface area contributed by atoms with Crippen LogP contribution in [0.1, 0.15) is 25.3 Å². The van der Waals surface area contributed by atoms with Crippen LogP contribution < -0.4 is 9.47 Å². The largest absolute Gasteiger partial charge is 0.493 e. The number of nitrogens with one attached hydrogen (secondary N) is 1. The number of ether oxygens (including phenoxy) is 2. The van der Waals surface area contributed by atoms with Crippen molar-refractivity contribution in [3.05, 3.63) is 30.1 Å². The summed E-state index contributed by atoms with van der Waals surface area (Å²) in [5.41, 5.74) is 2.23. The van der Waals surface area contributed by atoms with E-state index >= 15 is 0 Å². The molecule has 2 rings (SSSR count). The average molecular weight is 260 g/mol. The van der Waals surface area contributed by atoms with Crippen molar-refractivity contribution < 1.29 is 9.47 Å². The topological polar surface area (TPSA) is 47.1 Å². The van der Waals surface area contributed by atoms with Crippen LogP contribution in [0.2, 0.25) is 0 Å². The van der Waals surface area contributed by atoms with Gasteiger partial charge in [0.1, 0.15) is 5.82 Å². The molecule has 0 unspecified atom stereocenters. The van der Waals surface area contributed by atoms with Crippen molar-refractivity contribution in [2.45, 2.75) is 26.2 Å². The van der Waals surface area contributed by atoms with Gasteiger partial charge in [0.2, 0.25) is 0 Å². The molecule has 4 nitrogen and oxygen atoms in total. The lowest BCUT2D eigenvalue weighted by Gasteiger charge is -2.15. The summed E-state index contributed by atoms with van der Waals surface area (Å²) in [6.07, 6.45) is 6.87. The Balaban J connectivity index is 2.55. The van der Waals surface area contributed by atoms with E-state index in [-0.39, 0.29) is 0 Å². The Bertz CT molecular complexity index is 521. The lowest BCUT2D eigenvalue weighted by molar-refractivity contribution is 0.355. The highest BCUT2D eigenvalue weighted by molar-refractivity contribution is 5.72. The Kier molecular flexibility index (Phi) is 4.44. The minimum absolute atomic E-state index is 0.731. The van der Waals surface area contributed by atoms with Crippen molar-refractivity contribution >= 4 is 0 Å². The average Bonchev–Trinajstić information content (AvgIpc) is 2.97. The monoisotopic (exact) mass is 260 g/mol. The minimum Gasteiger partial charge on any atom is -0.493 e. The van der Waals surface area contributed by atoms with Crippen LogP contribution in [0.3, 0.4) is 0 Å². The van der Waals surface area contributed by atoms with Gasteiger partial charge in [0.05, 0.1) is 19.8 Å². The van der Waals surface area contributed by atoms with Gasteiger partial charge in [0.25, 0.3) is 0 Å². The molecule has 1 heterocycles. The smallest absolute Gasteiger partial charge is 0.171 e. The number of H-pyrrole nitrogens is 1. The molecule has 0 aliphatic carbocycles. The zero-order valence-corrected chi connectivity index (χ0v) is 11.7. The van der Waals surface area contributed by atoms with Crippen LogP contribution in [0.5, 0.6) is 11.5 Å². The number of hydrogen-bond donors (Lipinski definition) is 1. The van der Waals surface area contributed by atoms with Gasteiger partial charge in [-0.1, -0.05) is 19.4 Å². The summed E-state index contributed by atoms with van der Waals surface area (Å²) in [5.74, 6) is 2.29. The Morgan fingerprint density at radius 1 is 1.21 bits per heavy atom. The van der Waals surface area contributed by atoms with Crippen molar-refractivity contribution in [1.29, 1.82) is 0 Å². The second-order valence-electron chi connectivity index (χ2n) is 4.38. The number of methoxy groups -OCH3 is 2. The van der Waals surface area contributed by atoms with E-state index in [2.05, 4.69) is 23.0 Å². The van der Waals surface area contributed by atoms with Crippen molar-refractivity contribution in [2.75, 3.05) is 14.2 Å². The van der Waals surface area contributed by atoms with Crippen molar-refractivity contribution in [1.82, 2.24) is 9.97 Å². The first-order chi connectivity index (χ1) is 9.31. The number of aromatic amines is 1. The second-order valence-corrected chi connectivity index (χ2v) is 4.38. The number of nitrogens with zero attached hydrogens (tertiary/aromatic N) is 1. The van der Waals surface area contributed by atoms with Crippen LogP contribution >= 0.6 is 0 Å². The quantitative estimate of drug-likeness (QED) is 0.865. The van der Waals surface area contributed by atoms with Gasteiger partial charge >= 0.3 is 0 Å². The SMILES string of the molecule is CCCCc1ccc(OC)c(OC)c1-c1ncc[nH]1. The van der Waals surface area contributed by atoms with Crippen LogP contribution in [0.15, 0.2) is 24.5 Å². The van der Waals surface area contributed by atoms with Gasteiger partial charge in [-0.25, -0.2) is 4.98 Å². The molecule has 0 aliphatic rings. The number of aryl methyl sites for hydroxylation is 1. The Hall–Kier alpha value is -1.97. The highest BCUT2D eigenvalue weighted by Gasteiger charge is 2.17. The zero-order chi connectivity index (χ0) is 13.7. The number of aromatic nitrogens is 2. The molecule has 0 radical (unpaired) electrons. The molecule has 0 saturated carbocycles. The molecule has 19 heavy (non-hydrogen) atoms. The van der Waals surface area contributed by atoms with E-state index in [1.54, 1.807) is 20.4 Å². The van der Waals surface area contributed by atoms with E-state index in [4.69, 9.17) is 9.47 Å². The molecule has 0 atom stereocenters. The molecule has 2 aromatic rings. The van der Waals surface area contributed by atoms with Crippen molar-refractivity contribution in [2.24, 2.45) is 0 Å². The Labute approximate surface area is 113 Å². The van der Waals surface area contributed by atoms with Gasteiger partial charge < -0.3 is 14.5 Å². The van der Waals surface area contributed by atoms with E-state index < -0.39 is 0 Å². The number of imidazole rings is 1. The molecule has 1 aromatic carbocycles. The number of rotatable bonds is 6. The van der Waals surface area contributed by atoms with Gasteiger partial charge in [-0.15, -0.1) is 0 Å². The van der Waals surface area contributed by atoms with Crippen LogP contribution in [0, 0.1) is 0 Å². The maximum atomic E-state index is 5.53. The van der Waals surface area contributed by atoms with Gasteiger partial charge in [0.15, 0.2) is 11.5 Å². The van der Waals surface area contributed by atoms with Crippen LogP contribution in [-0.2, 0) is 6.42 Å². The number of benzene rings is 1. The lowest BCUT2D eigenvalue weighted by Crippen LogP contribution is -1.99. The first-order valence-electron chi connectivity index (χ1n) is 6.55. The third-order valence-corrected chi connectivity index (χ3v) is 3.17. The number of unbranched alkanes of at least 4 members (excludes halogenated alkanes) is 1. The van der Waals surface area contributed by atoms with E-state index in [0.29, 0.717) is 0 Å². The third kappa shape index (κ3) is 2.72. The molecular formula is C15H20N2O2. The van der Waals surface area contributed by atoms with Gasteiger partial charge in [-0.05, 0) is 24.5 Å². The fourth-order valence-corrected chi connectivity index (χ4v) is 2.20. The van der Waals surface area contributed by atoms with Gasteiger partial charge in [0, 0.05) is 12.4 Å². The molecule has 0 fully saturated rings. The van der Waals surface area contributed by atoms with Crippen molar-refractivity contribution in [3.8, 4) is 22.9 Å². The van der Waals surface area contributed by atoms with E-state index in [1.165, 1.54) is 5.56 Å². The summed E-state index contributed by atoms with van der Waals surface area (Å²) < 4.78 is 10.9. The van der Waals surface area contributed by atoms with Crippen molar-refractivity contribution in [3.63, 3.8) is 0 Å². The molecule has 1 N–H and O–H groups in total. The lowest BCUT2D eigenvalue weighted by atomic mass is 10.00. The highest BCUT2D eigenvalue weighted by atomic mass is 16.5. The third-order valence-electron chi connectivity index (χ3n) is 3.17. The second kappa shape index (κ2) is 6.27. The van der Waals surface area contributed by atoms with E-state index in [0.717, 1.165) is 42.1 Å². The molecule has 0 saturated heterocycles. The van der Waals surface area contributed by atoms with E-state index in [1.807, 2.05) is 12.3 Å². The van der Waals surface area contributed by atoms with Gasteiger partial charge in [-0.2, -0.15) is 0 Å². The molecule has 0 spiro atoms. The summed E-state index contributed by atoms with van der Waals surface area (Å²) in [5, 5.41) is 0. The Morgan fingerprint density at radius 2 is 2.05 bits per heavy atom. The molecule has 4 heteroatoms. The molecule has 102 valence electrons. The predicted octanol–water partition coefficient (Wildman–Crippen LogP) is 3.44. The van der Waals surface area contributed by atoms with Gasteiger partial charge in [-0.3, -0.25) is 0 Å². The summed E-state index contributed by atoms with van der Waals surface area (Å²) in [7, 11) is 3.31. The van der Waals surface area contributed by atoms with Crippen LogP contribution in [0.4, 0.5) is 0 Å². The normalized spacial score (nSPS) is 10.5. The summed E-state index contributed by atoms with van der Waals surface area (Å²) >= 11 is 0. The summed E-state index contributed by atoms with van der Waals surface area (Å²) in [4.78, 5) is 7.50. The maximum Gasteiger partial charge on any atom is 0.171 e.